The van der Waals surface area contributed by atoms with E-state index in [9.17, 15) is 5.26 Å². The van der Waals surface area contributed by atoms with Crippen molar-refractivity contribution < 1.29 is 0 Å². The van der Waals surface area contributed by atoms with Crippen LogP contribution in [0, 0.1) is 11.3 Å². The lowest BCUT2D eigenvalue weighted by atomic mass is 9.82. The Morgan fingerprint density at radius 3 is 1.43 bits per heavy atom. The summed E-state index contributed by atoms with van der Waals surface area (Å²) in [4.78, 5) is 0. The molecule has 0 N–H and O–H groups in total. The third kappa shape index (κ3) is 5.37. The van der Waals surface area contributed by atoms with Crippen molar-refractivity contribution in [2.75, 3.05) is 0 Å². The predicted octanol–water partition coefficient (Wildman–Crippen LogP) is 16.5. The average Bonchev–Trinajstić information content (AvgIpc) is 3.69. The predicted molar refractivity (Wildman–Crippen MR) is 266 cm³/mol. The van der Waals surface area contributed by atoms with Crippen LogP contribution in [0.4, 0.5) is 0 Å². The Labute approximate surface area is 364 Å². The Bertz CT molecular complexity index is 4010. The van der Waals surface area contributed by atoms with Crippen LogP contribution >= 0.6 is 0 Å². The molecule has 0 atom stereocenters. The first kappa shape index (κ1) is 35.3. The van der Waals surface area contributed by atoms with E-state index in [1.807, 2.05) is 12.1 Å². The SMILES string of the molecule is N#Cc1cc2ccc3cc(-c4ccc5c(-c6cccc7ccccc67)c6cc(-c7ccccc7)ccc6c(-c6cccc7ccccc67)c5c4)cc4c3c2c(c1)n4-c1ccccc1. The number of para-hydroxylation sites is 1. The van der Waals surface area contributed by atoms with Crippen LogP contribution in [0.5, 0.6) is 0 Å². The van der Waals surface area contributed by atoms with Gasteiger partial charge in [-0.1, -0.05) is 170 Å². The maximum atomic E-state index is 10.1. The fourth-order valence-electron chi connectivity index (χ4n) is 10.5. The summed E-state index contributed by atoms with van der Waals surface area (Å²) in [5, 5.41) is 24.5. The van der Waals surface area contributed by atoms with Gasteiger partial charge in [0.15, 0.2) is 0 Å². The first-order chi connectivity index (χ1) is 31.2. The molecule has 0 aliphatic heterocycles. The minimum atomic E-state index is 0.659. The minimum Gasteiger partial charge on any atom is -0.309 e. The van der Waals surface area contributed by atoms with Crippen molar-refractivity contribution in [3.05, 3.63) is 224 Å². The number of nitrogens with zero attached hydrogens (tertiary/aromatic N) is 2. The second-order valence-electron chi connectivity index (χ2n) is 16.7. The van der Waals surface area contributed by atoms with Crippen molar-refractivity contribution in [1.82, 2.24) is 4.57 Å². The summed E-state index contributed by atoms with van der Waals surface area (Å²) in [6, 6.07) is 82.1. The van der Waals surface area contributed by atoms with Crippen LogP contribution in [-0.4, -0.2) is 4.57 Å². The highest BCUT2D eigenvalue weighted by atomic mass is 15.0. The van der Waals surface area contributed by atoms with E-state index in [-0.39, 0.29) is 0 Å². The fourth-order valence-corrected chi connectivity index (χ4v) is 10.5. The number of aromatic nitrogens is 1. The normalized spacial score (nSPS) is 11.8. The van der Waals surface area contributed by atoms with E-state index in [0.29, 0.717) is 5.56 Å². The van der Waals surface area contributed by atoms with Gasteiger partial charge in [-0.15, -0.1) is 0 Å². The van der Waals surface area contributed by atoms with E-state index in [1.165, 1.54) is 92.6 Å². The highest BCUT2D eigenvalue weighted by molar-refractivity contribution is 6.27. The van der Waals surface area contributed by atoms with Gasteiger partial charge in [0, 0.05) is 16.5 Å². The van der Waals surface area contributed by atoms with E-state index in [4.69, 9.17) is 0 Å². The molecule has 0 radical (unpaired) electrons. The third-order valence-corrected chi connectivity index (χ3v) is 13.3. The molecule has 0 saturated heterocycles. The van der Waals surface area contributed by atoms with Crippen molar-refractivity contribution in [2.24, 2.45) is 0 Å². The second kappa shape index (κ2) is 13.8. The van der Waals surface area contributed by atoms with Crippen LogP contribution in [0.2, 0.25) is 0 Å². The van der Waals surface area contributed by atoms with Crippen molar-refractivity contribution in [2.45, 2.75) is 0 Å². The van der Waals surface area contributed by atoms with Gasteiger partial charge in [0.05, 0.1) is 22.7 Å². The van der Waals surface area contributed by atoms with E-state index in [2.05, 4.69) is 217 Å². The molecule has 2 nitrogen and oxygen atoms in total. The summed E-state index contributed by atoms with van der Waals surface area (Å²) in [5.41, 5.74) is 13.5. The lowest BCUT2D eigenvalue weighted by Crippen LogP contribution is -1.95. The molecule has 0 fully saturated rings. The maximum absolute atomic E-state index is 10.1. The molecule has 2 heteroatoms. The monoisotopic (exact) mass is 796 g/mol. The second-order valence-corrected chi connectivity index (χ2v) is 16.7. The van der Waals surface area contributed by atoms with Gasteiger partial charge >= 0.3 is 0 Å². The van der Waals surface area contributed by atoms with Crippen LogP contribution in [0.15, 0.2) is 218 Å². The molecule has 12 aromatic carbocycles. The number of nitriles is 1. The van der Waals surface area contributed by atoms with Gasteiger partial charge < -0.3 is 4.57 Å². The average molecular weight is 797 g/mol. The van der Waals surface area contributed by atoms with Crippen molar-refractivity contribution in [3.63, 3.8) is 0 Å². The lowest BCUT2D eigenvalue weighted by Gasteiger charge is -2.21. The number of hydrogen-bond donors (Lipinski definition) is 0. The molecule has 0 aliphatic carbocycles. The topological polar surface area (TPSA) is 28.7 Å². The molecule has 290 valence electrons. The number of rotatable bonds is 5. The third-order valence-electron chi connectivity index (χ3n) is 13.3. The highest BCUT2D eigenvalue weighted by Gasteiger charge is 2.23. The van der Waals surface area contributed by atoms with E-state index < -0.39 is 0 Å². The Morgan fingerprint density at radius 2 is 0.825 bits per heavy atom. The van der Waals surface area contributed by atoms with Crippen molar-refractivity contribution >= 4 is 75.7 Å². The molecular weight excluding hydrogens is 761 g/mol. The van der Waals surface area contributed by atoms with Gasteiger partial charge in [0.1, 0.15) is 0 Å². The number of hydrogen-bond acceptors (Lipinski definition) is 1. The Balaban J connectivity index is 1.17. The van der Waals surface area contributed by atoms with Crippen LogP contribution in [0.1, 0.15) is 5.56 Å². The van der Waals surface area contributed by atoms with Crippen LogP contribution < -0.4 is 0 Å². The van der Waals surface area contributed by atoms with E-state index >= 15 is 0 Å². The molecule has 0 saturated carbocycles. The van der Waals surface area contributed by atoms with E-state index in [1.54, 1.807) is 0 Å². The first-order valence-electron chi connectivity index (χ1n) is 21.6. The zero-order valence-electron chi connectivity index (χ0n) is 34.2. The lowest BCUT2D eigenvalue weighted by molar-refractivity contribution is 1.18. The molecule has 1 heterocycles. The smallest absolute Gasteiger partial charge is 0.0992 e. The molecule has 1 aromatic heterocycles. The van der Waals surface area contributed by atoms with Gasteiger partial charge in [0.25, 0.3) is 0 Å². The van der Waals surface area contributed by atoms with Crippen molar-refractivity contribution in [3.8, 4) is 56.3 Å². The molecule has 0 spiro atoms. The molecule has 0 aliphatic rings. The molecule has 13 aromatic rings. The minimum absolute atomic E-state index is 0.659. The van der Waals surface area contributed by atoms with Gasteiger partial charge in [-0.2, -0.15) is 5.26 Å². The van der Waals surface area contributed by atoms with Crippen LogP contribution in [0.3, 0.4) is 0 Å². The zero-order chi connectivity index (χ0) is 41.6. The maximum Gasteiger partial charge on any atom is 0.0992 e. The Morgan fingerprint density at radius 1 is 0.317 bits per heavy atom. The molecule has 0 amide bonds. The van der Waals surface area contributed by atoms with Gasteiger partial charge in [0.2, 0.25) is 0 Å². The van der Waals surface area contributed by atoms with Gasteiger partial charge in [-0.3, -0.25) is 0 Å². The van der Waals surface area contributed by atoms with E-state index in [0.717, 1.165) is 33.2 Å². The van der Waals surface area contributed by atoms with Crippen molar-refractivity contribution in [1.29, 1.82) is 5.26 Å². The highest BCUT2D eigenvalue weighted by Crippen LogP contribution is 2.49. The molecule has 63 heavy (non-hydrogen) atoms. The summed E-state index contributed by atoms with van der Waals surface area (Å²) >= 11 is 0. The number of benzene rings is 12. The molecular formula is C61H36N2. The Hall–Kier alpha value is -8.51. The van der Waals surface area contributed by atoms with Crippen LogP contribution in [-0.2, 0) is 0 Å². The summed E-state index contributed by atoms with van der Waals surface area (Å²) in [6.07, 6.45) is 0. The molecule has 13 rings (SSSR count). The first-order valence-corrected chi connectivity index (χ1v) is 21.6. The fraction of sp³-hybridized carbons (Fsp3) is 0. The summed E-state index contributed by atoms with van der Waals surface area (Å²) in [5.74, 6) is 0. The van der Waals surface area contributed by atoms with Gasteiger partial charge in [-0.05, 0) is 147 Å². The summed E-state index contributed by atoms with van der Waals surface area (Å²) in [6.45, 7) is 0. The largest absolute Gasteiger partial charge is 0.309 e. The van der Waals surface area contributed by atoms with Crippen LogP contribution in [0.25, 0.3) is 126 Å². The summed E-state index contributed by atoms with van der Waals surface area (Å²) in [7, 11) is 0. The number of fused-ring (bicyclic) bond motifs is 4. The Kier molecular flexibility index (Phi) is 7.70. The van der Waals surface area contributed by atoms with Gasteiger partial charge in [-0.25, -0.2) is 0 Å². The standard InChI is InChI=1S/C61H36N2/c62-37-38-31-44-25-26-45-33-46(36-57-59(45)58(44)56(32-38)63(57)47-19-5-2-6-20-47)43-28-30-53-55(35-43)61(51-24-12-18-41-16-8-10-22-49(41)51)52-29-27-42(39-13-3-1-4-14-39)34-54(52)60(53)50-23-11-17-40-15-7-9-21-48(40)50/h1-36H. The quantitative estimate of drug-likeness (QED) is 0.126. The zero-order valence-corrected chi connectivity index (χ0v) is 34.2. The summed E-state index contributed by atoms with van der Waals surface area (Å²) < 4.78 is 2.34. The molecule has 0 unspecified atom stereocenters. The molecule has 0 bridgehead atoms.